The van der Waals surface area contributed by atoms with Crippen LogP contribution >= 0.6 is 0 Å². The summed E-state index contributed by atoms with van der Waals surface area (Å²) in [6, 6.07) is 3.86. The maximum atomic E-state index is 5.34. The smallest absolute Gasteiger partial charge is 0.224 e. The zero-order chi connectivity index (χ0) is 13.7. The van der Waals surface area contributed by atoms with Crippen molar-refractivity contribution in [3.8, 4) is 11.8 Å². The molecule has 0 aliphatic carbocycles. The number of aromatic nitrogens is 2. The Hall–Kier alpha value is -2.08. The number of hydrogen-bond donors (Lipinski definition) is 1. The summed E-state index contributed by atoms with van der Waals surface area (Å²) >= 11 is 0. The summed E-state index contributed by atoms with van der Waals surface area (Å²) in [7, 11) is 3.14. The zero-order valence-corrected chi connectivity index (χ0v) is 11.2. The van der Waals surface area contributed by atoms with Gasteiger partial charge in [-0.1, -0.05) is 0 Å². The minimum atomic E-state index is 0.0737. The molecule has 0 bridgehead atoms. The number of rotatable bonds is 6. The first-order valence-corrected chi connectivity index (χ1v) is 5.95. The monoisotopic (exact) mass is 263 g/mol. The topological polar surface area (TPSA) is 69.4 Å². The molecule has 0 aromatic carbocycles. The van der Waals surface area contributed by atoms with Gasteiger partial charge in [0.2, 0.25) is 11.8 Å². The molecule has 102 valence electrons. The predicted octanol–water partition coefficient (Wildman–Crippen LogP) is 1.94. The van der Waals surface area contributed by atoms with Crippen molar-refractivity contribution in [3.05, 3.63) is 36.0 Å². The molecule has 2 aromatic heterocycles. The van der Waals surface area contributed by atoms with E-state index in [-0.39, 0.29) is 6.04 Å². The van der Waals surface area contributed by atoms with Crippen molar-refractivity contribution >= 4 is 0 Å². The quantitative estimate of drug-likeness (QED) is 0.859. The van der Waals surface area contributed by atoms with Crippen molar-refractivity contribution in [1.29, 1.82) is 0 Å². The van der Waals surface area contributed by atoms with E-state index in [0.717, 1.165) is 11.3 Å². The molecular weight excluding hydrogens is 246 g/mol. The van der Waals surface area contributed by atoms with Crippen LogP contribution in [0.1, 0.15) is 24.3 Å². The van der Waals surface area contributed by atoms with Crippen molar-refractivity contribution in [2.24, 2.45) is 0 Å². The SMILES string of the molecule is COc1ncnc(OC)c1CNC(C)c1ccco1. The highest BCUT2D eigenvalue weighted by molar-refractivity contribution is 5.34. The fourth-order valence-electron chi connectivity index (χ4n) is 1.78. The van der Waals surface area contributed by atoms with Gasteiger partial charge in [0, 0.05) is 6.54 Å². The van der Waals surface area contributed by atoms with Gasteiger partial charge in [0.15, 0.2) is 0 Å². The van der Waals surface area contributed by atoms with Crippen LogP contribution in [-0.4, -0.2) is 24.2 Å². The lowest BCUT2D eigenvalue weighted by molar-refractivity contribution is 0.354. The number of nitrogens with zero attached hydrogens (tertiary/aromatic N) is 2. The third-order valence-corrected chi connectivity index (χ3v) is 2.81. The van der Waals surface area contributed by atoms with Crippen LogP contribution in [0.4, 0.5) is 0 Å². The molecule has 2 heterocycles. The predicted molar refractivity (Wildman–Crippen MR) is 69.1 cm³/mol. The molecule has 1 unspecified atom stereocenters. The second-order valence-corrected chi connectivity index (χ2v) is 3.99. The Morgan fingerprint density at radius 3 is 2.47 bits per heavy atom. The van der Waals surface area contributed by atoms with Gasteiger partial charge in [-0.15, -0.1) is 0 Å². The van der Waals surface area contributed by atoms with Gasteiger partial charge >= 0.3 is 0 Å². The van der Waals surface area contributed by atoms with Crippen molar-refractivity contribution in [2.75, 3.05) is 14.2 Å². The van der Waals surface area contributed by atoms with Gasteiger partial charge in [-0.2, -0.15) is 0 Å². The molecule has 2 rings (SSSR count). The lowest BCUT2D eigenvalue weighted by Gasteiger charge is -2.14. The molecule has 1 atom stereocenters. The van der Waals surface area contributed by atoms with E-state index >= 15 is 0 Å². The van der Waals surface area contributed by atoms with Gasteiger partial charge < -0.3 is 19.2 Å². The highest BCUT2D eigenvalue weighted by Gasteiger charge is 2.15. The summed E-state index contributed by atoms with van der Waals surface area (Å²) in [6.45, 7) is 2.54. The van der Waals surface area contributed by atoms with Crippen LogP contribution in [0, 0.1) is 0 Å². The molecule has 0 saturated carbocycles. The van der Waals surface area contributed by atoms with E-state index in [2.05, 4.69) is 15.3 Å². The molecule has 0 saturated heterocycles. The fourth-order valence-corrected chi connectivity index (χ4v) is 1.78. The summed E-state index contributed by atoms with van der Waals surface area (Å²) in [6.07, 6.45) is 3.07. The fraction of sp³-hybridized carbons (Fsp3) is 0.385. The van der Waals surface area contributed by atoms with E-state index in [4.69, 9.17) is 13.9 Å². The Morgan fingerprint density at radius 1 is 1.26 bits per heavy atom. The molecule has 0 aliphatic heterocycles. The molecule has 0 spiro atoms. The summed E-state index contributed by atoms with van der Waals surface area (Å²) in [5.74, 6) is 1.88. The molecule has 0 fully saturated rings. The van der Waals surface area contributed by atoms with Crippen LogP contribution in [0.5, 0.6) is 11.8 Å². The highest BCUT2D eigenvalue weighted by atomic mass is 16.5. The second kappa shape index (κ2) is 6.19. The van der Waals surface area contributed by atoms with Crippen molar-refractivity contribution < 1.29 is 13.9 Å². The lowest BCUT2D eigenvalue weighted by atomic mass is 10.2. The molecule has 0 aliphatic rings. The maximum absolute atomic E-state index is 5.34. The van der Waals surface area contributed by atoms with Gasteiger partial charge in [0.1, 0.15) is 12.1 Å². The minimum absolute atomic E-state index is 0.0737. The van der Waals surface area contributed by atoms with Gasteiger partial charge in [0.25, 0.3) is 0 Å². The van der Waals surface area contributed by atoms with E-state index in [0.29, 0.717) is 18.3 Å². The van der Waals surface area contributed by atoms with Crippen LogP contribution in [-0.2, 0) is 6.54 Å². The molecule has 6 nitrogen and oxygen atoms in total. The van der Waals surface area contributed by atoms with Crippen LogP contribution in [0.2, 0.25) is 0 Å². The summed E-state index contributed by atoms with van der Waals surface area (Å²) in [5, 5.41) is 3.32. The van der Waals surface area contributed by atoms with E-state index in [9.17, 15) is 0 Å². The average Bonchev–Trinajstić information content (AvgIpc) is 2.98. The van der Waals surface area contributed by atoms with Crippen LogP contribution in [0.15, 0.2) is 29.1 Å². The first-order valence-electron chi connectivity index (χ1n) is 5.95. The van der Waals surface area contributed by atoms with Crippen LogP contribution < -0.4 is 14.8 Å². The van der Waals surface area contributed by atoms with E-state index in [1.165, 1.54) is 6.33 Å². The molecule has 1 N–H and O–H groups in total. The first-order chi connectivity index (χ1) is 9.26. The molecule has 2 aromatic rings. The molecule has 0 radical (unpaired) electrons. The second-order valence-electron chi connectivity index (χ2n) is 3.99. The summed E-state index contributed by atoms with van der Waals surface area (Å²) in [4.78, 5) is 8.14. The van der Waals surface area contributed by atoms with E-state index in [1.54, 1.807) is 20.5 Å². The number of furan rings is 1. The number of nitrogens with one attached hydrogen (secondary N) is 1. The van der Waals surface area contributed by atoms with Crippen molar-refractivity contribution in [1.82, 2.24) is 15.3 Å². The number of methoxy groups -OCH3 is 2. The van der Waals surface area contributed by atoms with Crippen LogP contribution in [0.25, 0.3) is 0 Å². The number of ether oxygens (including phenoxy) is 2. The molecule has 6 heteroatoms. The van der Waals surface area contributed by atoms with Crippen LogP contribution in [0.3, 0.4) is 0 Å². The van der Waals surface area contributed by atoms with Crippen molar-refractivity contribution in [3.63, 3.8) is 0 Å². The van der Waals surface area contributed by atoms with Gasteiger partial charge in [-0.05, 0) is 19.1 Å². The zero-order valence-electron chi connectivity index (χ0n) is 11.2. The molecular formula is C13H17N3O3. The normalized spacial score (nSPS) is 12.2. The van der Waals surface area contributed by atoms with Crippen molar-refractivity contribution in [2.45, 2.75) is 19.5 Å². The highest BCUT2D eigenvalue weighted by Crippen LogP contribution is 2.24. The largest absolute Gasteiger partial charge is 0.481 e. The third kappa shape index (κ3) is 3.03. The number of hydrogen-bond acceptors (Lipinski definition) is 6. The lowest BCUT2D eigenvalue weighted by Crippen LogP contribution is -2.19. The Bertz CT molecular complexity index is 492. The van der Waals surface area contributed by atoms with Gasteiger partial charge in [-0.25, -0.2) is 9.97 Å². The third-order valence-electron chi connectivity index (χ3n) is 2.81. The van der Waals surface area contributed by atoms with E-state index < -0.39 is 0 Å². The Kier molecular flexibility index (Phi) is 4.35. The Balaban J connectivity index is 2.10. The van der Waals surface area contributed by atoms with Gasteiger partial charge in [0.05, 0.1) is 32.1 Å². The standard InChI is InChI=1S/C13H17N3O3/c1-9(11-5-4-6-19-11)14-7-10-12(17-2)15-8-16-13(10)18-3/h4-6,8-9,14H,7H2,1-3H3. The molecule has 19 heavy (non-hydrogen) atoms. The summed E-state index contributed by atoms with van der Waals surface area (Å²) in [5.41, 5.74) is 0.783. The summed E-state index contributed by atoms with van der Waals surface area (Å²) < 4.78 is 15.8. The molecule has 0 amide bonds. The average molecular weight is 263 g/mol. The van der Waals surface area contributed by atoms with E-state index in [1.807, 2.05) is 19.1 Å². The minimum Gasteiger partial charge on any atom is -0.481 e. The Morgan fingerprint density at radius 2 is 1.95 bits per heavy atom. The Labute approximate surface area is 111 Å². The maximum Gasteiger partial charge on any atom is 0.224 e. The first kappa shape index (κ1) is 13.4. The van der Waals surface area contributed by atoms with Gasteiger partial charge in [-0.3, -0.25) is 0 Å².